The van der Waals surface area contributed by atoms with Gasteiger partial charge in [-0.05, 0) is 18.7 Å². The molecule has 0 aromatic heterocycles. The lowest BCUT2D eigenvalue weighted by Gasteiger charge is -2.10. The van der Waals surface area contributed by atoms with Gasteiger partial charge in [-0.1, -0.05) is 29.8 Å². The van der Waals surface area contributed by atoms with Crippen molar-refractivity contribution >= 4 is 11.6 Å². The van der Waals surface area contributed by atoms with E-state index in [0.717, 1.165) is 10.6 Å². The van der Waals surface area contributed by atoms with Gasteiger partial charge in [0, 0.05) is 18.0 Å². The fourth-order valence-corrected chi connectivity index (χ4v) is 1.44. The quantitative estimate of drug-likeness (QED) is 0.770. The van der Waals surface area contributed by atoms with Crippen LogP contribution in [0.4, 0.5) is 0 Å². The first-order valence-corrected chi connectivity index (χ1v) is 4.68. The number of aliphatic hydroxyl groups excluding tert-OH is 1. The summed E-state index contributed by atoms with van der Waals surface area (Å²) in [6.07, 6.45) is 0.227. The summed E-state index contributed by atoms with van der Waals surface area (Å²) in [5.74, 6) is 0. The molecule has 1 atom stereocenters. The van der Waals surface area contributed by atoms with Crippen molar-refractivity contribution < 1.29 is 5.11 Å². The summed E-state index contributed by atoms with van der Waals surface area (Å²) in [5, 5.41) is 13.1. The van der Waals surface area contributed by atoms with Crippen molar-refractivity contribution in [1.82, 2.24) is 5.32 Å². The smallest absolute Gasteiger partial charge is 0.0705 e. The Balaban J connectivity index is 2.58. The zero-order valence-corrected chi connectivity index (χ0v) is 8.38. The predicted molar refractivity (Wildman–Crippen MR) is 55.1 cm³/mol. The van der Waals surface area contributed by atoms with Crippen LogP contribution in [-0.2, 0) is 6.42 Å². The summed E-state index contributed by atoms with van der Waals surface area (Å²) in [5.41, 5.74) is 0.993. The number of aliphatic hydroxyl groups is 1. The summed E-state index contributed by atoms with van der Waals surface area (Å²) in [7, 11) is 1.82. The summed E-state index contributed by atoms with van der Waals surface area (Å²) in [6.45, 7) is 0.589. The Kier molecular flexibility index (Phi) is 4.22. The van der Waals surface area contributed by atoms with E-state index in [1.807, 2.05) is 31.3 Å². The zero-order chi connectivity index (χ0) is 9.68. The Morgan fingerprint density at radius 1 is 1.46 bits per heavy atom. The number of halogens is 1. The Hall–Kier alpha value is -0.570. The zero-order valence-electron chi connectivity index (χ0n) is 7.63. The minimum absolute atomic E-state index is 0.370. The van der Waals surface area contributed by atoms with Gasteiger partial charge >= 0.3 is 0 Å². The van der Waals surface area contributed by atoms with Crippen LogP contribution in [0.2, 0.25) is 5.02 Å². The molecule has 0 spiro atoms. The first kappa shape index (κ1) is 10.5. The van der Waals surface area contributed by atoms with E-state index in [-0.39, 0.29) is 6.10 Å². The molecule has 2 N–H and O–H groups in total. The molecule has 1 aromatic carbocycles. The Morgan fingerprint density at radius 2 is 2.15 bits per heavy atom. The lowest BCUT2D eigenvalue weighted by Crippen LogP contribution is -2.25. The van der Waals surface area contributed by atoms with Gasteiger partial charge < -0.3 is 10.4 Å². The minimum Gasteiger partial charge on any atom is -0.391 e. The molecule has 2 nitrogen and oxygen atoms in total. The fourth-order valence-electron chi connectivity index (χ4n) is 1.23. The van der Waals surface area contributed by atoms with Crippen LogP contribution in [0.1, 0.15) is 5.56 Å². The van der Waals surface area contributed by atoms with Gasteiger partial charge in [-0.3, -0.25) is 0 Å². The average Bonchev–Trinajstić information content (AvgIpc) is 2.09. The fraction of sp³-hybridized carbons (Fsp3) is 0.400. The molecule has 1 aromatic rings. The van der Waals surface area contributed by atoms with E-state index in [2.05, 4.69) is 5.32 Å². The van der Waals surface area contributed by atoms with Crippen molar-refractivity contribution in [3.63, 3.8) is 0 Å². The molecule has 0 aliphatic heterocycles. The van der Waals surface area contributed by atoms with E-state index in [1.54, 1.807) is 0 Å². The number of rotatable bonds is 4. The van der Waals surface area contributed by atoms with Crippen LogP contribution >= 0.6 is 11.6 Å². The number of likely N-dealkylation sites (N-methyl/N-ethyl adjacent to an activating group) is 1. The second-order valence-electron chi connectivity index (χ2n) is 3.01. The summed E-state index contributed by atoms with van der Waals surface area (Å²) in [6, 6.07) is 7.58. The van der Waals surface area contributed by atoms with Gasteiger partial charge in [0.15, 0.2) is 0 Å². The first-order valence-electron chi connectivity index (χ1n) is 4.30. The molecule has 0 saturated carbocycles. The molecule has 1 rings (SSSR count). The number of hydrogen-bond donors (Lipinski definition) is 2. The maximum Gasteiger partial charge on any atom is 0.0705 e. The molecule has 3 heteroatoms. The molecule has 0 fully saturated rings. The third kappa shape index (κ3) is 3.35. The van der Waals surface area contributed by atoms with Crippen LogP contribution in [0.5, 0.6) is 0 Å². The van der Waals surface area contributed by atoms with E-state index < -0.39 is 0 Å². The van der Waals surface area contributed by atoms with Crippen molar-refractivity contribution in [3.05, 3.63) is 34.9 Å². The molecule has 72 valence electrons. The normalized spacial score (nSPS) is 12.8. The molecule has 1 unspecified atom stereocenters. The van der Waals surface area contributed by atoms with Gasteiger partial charge in [0.25, 0.3) is 0 Å². The van der Waals surface area contributed by atoms with Gasteiger partial charge in [-0.25, -0.2) is 0 Å². The molecule has 13 heavy (non-hydrogen) atoms. The highest BCUT2D eigenvalue weighted by atomic mass is 35.5. The lowest BCUT2D eigenvalue weighted by atomic mass is 10.1. The standard InChI is InChI=1S/C10H14ClNO/c1-12-7-9(13)6-8-4-2-3-5-10(8)11/h2-5,9,12-13H,6-7H2,1H3. The highest BCUT2D eigenvalue weighted by molar-refractivity contribution is 6.31. The third-order valence-electron chi connectivity index (χ3n) is 1.85. The topological polar surface area (TPSA) is 32.3 Å². The molecule has 0 aliphatic carbocycles. The van der Waals surface area contributed by atoms with Crippen LogP contribution in [0.3, 0.4) is 0 Å². The van der Waals surface area contributed by atoms with E-state index in [9.17, 15) is 5.11 Å². The maximum atomic E-state index is 9.51. The second kappa shape index (κ2) is 5.22. The Morgan fingerprint density at radius 3 is 2.77 bits per heavy atom. The molecule has 0 radical (unpaired) electrons. The molecule has 0 heterocycles. The molecular formula is C10H14ClNO. The highest BCUT2D eigenvalue weighted by Crippen LogP contribution is 2.16. The summed E-state index contributed by atoms with van der Waals surface area (Å²) in [4.78, 5) is 0. The molecule has 0 aliphatic rings. The van der Waals surface area contributed by atoms with E-state index in [1.165, 1.54) is 0 Å². The molecular weight excluding hydrogens is 186 g/mol. The van der Waals surface area contributed by atoms with Crippen molar-refractivity contribution in [2.45, 2.75) is 12.5 Å². The van der Waals surface area contributed by atoms with Crippen molar-refractivity contribution in [2.75, 3.05) is 13.6 Å². The molecule has 0 bridgehead atoms. The van der Waals surface area contributed by atoms with Crippen LogP contribution in [-0.4, -0.2) is 24.8 Å². The monoisotopic (exact) mass is 199 g/mol. The SMILES string of the molecule is CNCC(O)Cc1ccccc1Cl. The second-order valence-corrected chi connectivity index (χ2v) is 3.41. The lowest BCUT2D eigenvalue weighted by molar-refractivity contribution is 0.175. The summed E-state index contributed by atoms with van der Waals surface area (Å²) >= 11 is 5.94. The Bertz CT molecular complexity index is 265. The van der Waals surface area contributed by atoms with Crippen molar-refractivity contribution in [1.29, 1.82) is 0 Å². The van der Waals surface area contributed by atoms with E-state index >= 15 is 0 Å². The van der Waals surface area contributed by atoms with Crippen LogP contribution in [0.15, 0.2) is 24.3 Å². The Labute approximate surface area is 83.5 Å². The van der Waals surface area contributed by atoms with Crippen molar-refractivity contribution in [2.24, 2.45) is 0 Å². The minimum atomic E-state index is -0.370. The van der Waals surface area contributed by atoms with Gasteiger partial charge in [-0.2, -0.15) is 0 Å². The predicted octanol–water partition coefficient (Wildman–Crippen LogP) is 1.46. The van der Waals surface area contributed by atoms with Crippen LogP contribution in [0, 0.1) is 0 Å². The van der Waals surface area contributed by atoms with Crippen LogP contribution < -0.4 is 5.32 Å². The molecule has 0 saturated heterocycles. The van der Waals surface area contributed by atoms with Crippen LogP contribution in [0.25, 0.3) is 0 Å². The van der Waals surface area contributed by atoms with E-state index in [4.69, 9.17) is 11.6 Å². The van der Waals surface area contributed by atoms with Gasteiger partial charge in [-0.15, -0.1) is 0 Å². The third-order valence-corrected chi connectivity index (χ3v) is 2.22. The van der Waals surface area contributed by atoms with Crippen molar-refractivity contribution in [3.8, 4) is 0 Å². The largest absolute Gasteiger partial charge is 0.391 e. The number of hydrogen-bond acceptors (Lipinski definition) is 2. The van der Waals surface area contributed by atoms with E-state index in [0.29, 0.717) is 13.0 Å². The maximum absolute atomic E-state index is 9.51. The first-order chi connectivity index (χ1) is 6.24. The highest BCUT2D eigenvalue weighted by Gasteiger charge is 2.06. The van der Waals surface area contributed by atoms with Gasteiger partial charge in [0.2, 0.25) is 0 Å². The number of benzene rings is 1. The summed E-state index contributed by atoms with van der Waals surface area (Å²) < 4.78 is 0. The van der Waals surface area contributed by atoms with Gasteiger partial charge in [0.05, 0.1) is 6.10 Å². The number of nitrogens with one attached hydrogen (secondary N) is 1. The average molecular weight is 200 g/mol. The van der Waals surface area contributed by atoms with Gasteiger partial charge in [0.1, 0.15) is 0 Å². The molecule has 0 amide bonds.